The summed E-state index contributed by atoms with van der Waals surface area (Å²) < 4.78 is 0. The van der Waals surface area contributed by atoms with Gasteiger partial charge >= 0.3 is 0 Å². The van der Waals surface area contributed by atoms with E-state index >= 15 is 0 Å². The number of carbonyl (C=O) groups excluding carboxylic acids is 2. The molecule has 7 heteroatoms. The number of hydrogen-bond acceptors (Lipinski definition) is 5. The Kier molecular flexibility index (Phi) is 19.1. The molecule has 0 aliphatic rings. The van der Waals surface area contributed by atoms with Crippen LogP contribution in [0.3, 0.4) is 0 Å². The van der Waals surface area contributed by atoms with E-state index in [0.29, 0.717) is 12.1 Å². The molecule has 5 N–H and O–H groups in total. The zero-order chi connectivity index (χ0) is 27.1. The maximum Gasteiger partial charge on any atom is 0.239 e. The van der Waals surface area contributed by atoms with E-state index in [9.17, 15) is 14.7 Å². The van der Waals surface area contributed by atoms with Gasteiger partial charge in [-0.15, -0.1) is 0 Å². The van der Waals surface area contributed by atoms with Crippen molar-refractivity contribution in [3.63, 3.8) is 0 Å². The zero-order valence-electron chi connectivity index (χ0n) is 23.4. The first-order chi connectivity index (χ1) is 17.9. The predicted molar refractivity (Wildman–Crippen MR) is 153 cm³/mol. The van der Waals surface area contributed by atoms with E-state index in [2.05, 4.69) is 22.9 Å². The van der Waals surface area contributed by atoms with Gasteiger partial charge in [-0.3, -0.25) is 9.59 Å². The summed E-state index contributed by atoms with van der Waals surface area (Å²) in [4.78, 5) is 24.3. The van der Waals surface area contributed by atoms with Crippen molar-refractivity contribution in [2.24, 2.45) is 0 Å². The molecule has 0 heterocycles. The van der Waals surface area contributed by atoms with Gasteiger partial charge < -0.3 is 26.5 Å². The molecule has 0 fully saturated rings. The number of unbranched alkanes of at least 4 members (excludes halogenated alkanes) is 13. The van der Waals surface area contributed by atoms with Gasteiger partial charge in [0.05, 0.1) is 19.1 Å². The first-order valence-electron chi connectivity index (χ1n) is 14.5. The molecule has 37 heavy (non-hydrogen) atoms. The van der Waals surface area contributed by atoms with Crippen LogP contribution in [0.2, 0.25) is 0 Å². The van der Waals surface area contributed by atoms with Crippen molar-refractivity contribution in [1.29, 1.82) is 5.41 Å². The van der Waals surface area contributed by atoms with Crippen LogP contribution in [0, 0.1) is 5.41 Å². The third-order valence-corrected chi connectivity index (χ3v) is 6.67. The Hall–Kier alpha value is -2.41. The molecule has 0 aliphatic carbocycles. The molecule has 1 unspecified atom stereocenters. The number of phenolic OH excluding ortho intramolecular Hbond substituents is 1. The van der Waals surface area contributed by atoms with E-state index in [1.54, 1.807) is 31.2 Å². The molecular weight excluding hydrogens is 464 g/mol. The molecule has 1 aromatic rings. The first-order valence-corrected chi connectivity index (χ1v) is 14.5. The second-order valence-corrected chi connectivity index (χ2v) is 10.2. The van der Waals surface area contributed by atoms with Crippen LogP contribution in [0.15, 0.2) is 24.3 Å². The van der Waals surface area contributed by atoms with Crippen LogP contribution >= 0.6 is 0 Å². The number of rotatable bonds is 23. The summed E-state index contributed by atoms with van der Waals surface area (Å²) >= 11 is 0. The molecule has 210 valence electrons. The van der Waals surface area contributed by atoms with Crippen LogP contribution in [0.5, 0.6) is 5.75 Å². The van der Waals surface area contributed by atoms with Gasteiger partial charge in [0.1, 0.15) is 5.75 Å². The van der Waals surface area contributed by atoms with Gasteiger partial charge in [0.2, 0.25) is 11.8 Å². The number of aromatic hydroxyl groups is 1. The van der Waals surface area contributed by atoms with Gasteiger partial charge in [-0.05, 0) is 44.0 Å². The van der Waals surface area contributed by atoms with Gasteiger partial charge in [-0.2, -0.15) is 0 Å². The lowest BCUT2D eigenvalue weighted by Crippen LogP contribution is -2.46. The average Bonchev–Trinajstić information content (AvgIpc) is 2.88. The minimum atomic E-state index is -0.451. The SMILES string of the molecule is CCCCCCCCCCCCCCCCNCC(=O)NCC(=O)NC(Cc1ccc(O)cc1)C(C)=N. The van der Waals surface area contributed by atoms with Gasteiger partial charge in [0.25, 0.3) is 0 Å². The highest BCUT2D eigenvalue weighted by Crippen LogP contribution is 2.13. The molecule has 0 saturated heterocycles. The first kappa shape index (κ1) is 32.6. The monoisotopic (exact) mass is 516 g/mol. The highest BCUT2D eigenvalue weighted by molar-refractivity contribution is 5.91. The third-order valence-electron chi connectivity index (χ3n) is 6.67. The molecule has 0 bridgehead atoms. The number of phenols is 1. The molecule has 0 spiro atoms. The summed E-state index contributed by atoms with van der Waals surface area (Å²) in [6, 6.07) is 6.25. The summed E-state index contributed by atoms with van der Waals surface area (Å²) in [6.07, 6.45) is 19.0. The number of nitrogens with one attached hydrogen (secondary N) is 4. The van der Waals surface area contributed by atoms with Crippen molar-refractivity contribution < 1.29 is 14.7 Å². The number of carbonyl (C=O) groups is 2. The molecule has 0 radical (unpaired) electrons. The summed E-state index contributed by atoms with van der Waals surface area (Å²) in [5, 5.41) is 25.9. The fourth-order valence-corrected chi connectivity index (χ4v) is 4.31. The zero-order valence-corrected chi connectivity index (χ0v) is 23.4. The molecule has 1 rings (SSSR count). The maximum absolute atomic E-state index is 12.2. The van der Waals surface area contributed by atoms with Crippen molar-refractivity contribution in [1.82, 2.24) is 16.0 Å². The lowest BCUT2D eigenvalue weighted by molar-refractivity contribution is -0.125. The lowest BCUT2D eigenvalue weighted by atomic mass is 10.0. The molecule has 1 aromatic carbocycles. The van der Waals surface area contributed by atoms with Crippen LogP contribution in [0.4, 0.5) is 0 Å². The minimum Gasteiger partial charge on any atom is -0.508 e. The van der Waals surface area contributed by atoms with Crippen LogP contribution < -0.4 is 16.0 Å². The molecule has 1 atom stereocenters. The molecule has 2 amide bonds. The van der Waals surface area contributed by atoms with Gasteiger partial charge in [0.15, 0.2) is 0 Å². The van der Waals surface area contributed by atoms with Crippen LogP contribution in [-0.2, 0) is 16.0 Å². The molecular formula is C30H52N4O3. The van der Waals surface area contributed by atoms with E-state index < -0.39 is 6.04 Å². The number of benzene rings is 1. The minimum absolute atomic E-state index is 0.112. The number of hydrogen-bond donors (Lipinski definition) is 5. The van der Waals surface area contributed by atoms with Crippen molar-refractivity contribution >= 4 is 17.5 Å². The van der Waals surface area contributed by atoms with E-state index in [1.165, 1.54) is 83.5 Å². The molecule has 0 saturated carbocycles. The largest absolute Gasteiger partial charge is 0.508 e. The Morgan fingerprint density at radius 2 is 1.30 bits per heavy atom. The highest BCUT2D eigenvalue weighted by Gasteiger charge is 2.15. The predicted octanol–water partition coefficient (Wildman–Crippen LogP) is 5.65. The van der Waals surface area contributed by atoms with Crippen LogP contribution in [0.1, 0.15) is 109 Å². The smallest absolute Gasteiger partial charge is 0.239 e. The lowest BCUT2D eigenvalue weighted by Gasteiger charge is -2.18. The second kappa shape index (κ2) is 21.7. The quantitative estimate of drug-likeness (QED) is 0.0955. The standard InChI is InChI=1S/C30H52N4O3/c1-3-4-5-6-7-8-9-10-11-12-13-14-15-16-21-32-23-29(36)33-24-30(37)34-28(25(2)31)22-26-17-19-27(35)20-18-26/h17-20,28,31-32,35H,3-16,21-24H2,1-2H3,(H,33,36)(H,34,37). The van der Waals surface area contributed by atoms with E-state index in [1.807, 2.05) is 0 Å². The average molecular weight is 517 g/mol. The topological polar surface area (TPSA) is 114 Å². The second-order valence-electron chi connectivity index (χ2n) is 10.2. The van der Waals surface area contributed by atoms with Crippen LogP contribution in [0.25, 0.3) is 0 Å². The Morgan fingerprint density at radius 3 is 1.81 bits per heavy atom. The Morgan fingerprint density at radius 1 is 0.784 bits per heavy atom. The van der Waals surface area contributed by atoms with Gasteiger partial charge in [-0.25, -0.2) is 0 Å². The Labute approximate surface area is 225 Å². The van der Waals surface area contributed by atoms with E-state index in [-0.39, 0.29) is 30.7 Å². The molecule has 7 nitrogen and oxygen atoms in total. The van der Waals surface area contributed by atoms with E-state index in [0.717, 1.165) is 18.5 Å². The molecule has 0 aromatic heterocycles. The van der Waals surface area contributed by atoms with Crippen molar-refractivity contribution in [2.75, 3.05) is 19.6 Å². The third kappa shape index (κ3) is 18.5. The van der Waals surface area contributed by atoms with Gasteiger partial charge in [0, 0.05) is 5.71 Å². The summed E-state index contributed by atoms with van der Waals surface area (Å²) in [5.41, 5.74) is 1.24. The van der Waals surface area contributed by atoms with Crippen molar-refractivity contribution in [3.05, 3.63) is 29.8 Å². The van der Waals surface area contributed by atoms with Gasteiger partial charge in [-0.1, -0.05) is 103 Å². The Bertz CT molecular complexity index is 752. The summed E-state index contributed by atoms with van der Waals surface area (Å²) in [6.45, 7) is 4.80. The van der Waals surface area contributed by atoms with Crippen LogP contribution in [-0.4, -0.2) is 48.3 Å². The normalized spacial score (nSPS) is 11.7. The maximum atomic E-state index is 12.2. The fraction of sp³-hybridized carbons (Fsp3) is 0.700. The van der Waals surface area contributed by atoms with Crippen molar-refractivity contribution in [2.45, 2.75) is 116 Å². The number of amides is 2. The molecule has 0 aliphatic heterocycles. The fourth-order valence-electron chi connectivity index (χ4n) is 4.31. The Balaban J connectivity index is 1.98. The van der Waals surface area contributed by atoms with Crippen molar-refractivity contribution in [3.8, 4) is 5.75 Å². The summed E-state index contributed by atoms with van der Waals surface area (Å²) in [7, 11) is 0. The highest BCUT2D eigenvalue weighted by atomic mass is 16.3. The van der Waals surface area contributed by atoms with E-state index in [4.69, 9.17) is 5.41 Å². The summed E-state index contributed by atoms with van der Waals surface area (Å²) in [5.74, 6) is -0.352.